The molecule has 26 heavy (non-hydrogen) atoms. The van der Waals surface area contributed by atoms with E-state index in [4.69, 9.17) is 0 Å². The second-order valence-electron chi connectivity index (χ2n) is 7.09. The van der Waals surface area contributed by atoms with E-state index < -0.39 is 0 Å². The average Bonchev–Trinajstić information content (AvgIpc) is 3.08. The van der Waals surface area contributed by atoms with Gasteiger partial charge < -0.3 is 10.3 Å². The number of nitrogens with one attached hydrogen (secondary N) is 2. The first-order valence-electron chi connectivity index (χ1n) is 9.19. The SMILES string of the molecule is CC(=O)Nc1ccc(CN2CCC(c3c[nH]c4cnccc34)CC2)cc1. The van der Waals surface area contributed by atoms with Crippen molar-refractivity contribution in [3.63, 3.8) is 0 Å². The number of carbonyl (C=O) groups excluding carboxylic acids is 1. The van der Waals surface area contributed by atoms with Gasteiger partial charge in [0.15, 0.2) is 0 Å². The van der Waals surface area contributed by atoms with Gasteiger partial charge in [0.2, 0.25) is 5.91 Å². The molecule has 0 unspecified atom stereocenters. The minimum Gasteiger partial charge on any atom is -0.360 e. The highest BCUT2D eigenvalue weighted by atomic mass is 16.1. The lowest BCUT2D eigenvalue weighted by molar-refractivity contribution is -0.114. The smallest absolute Gasteiger partial charge is 0.221 e. The molecule has 2 N–H and O–H groups in total. The molecule has 5 nitrogen and oxygen atoms in total. The number of piperidine rings is 1. The first kappa shape index (κ1) is 16.8. The van der Waals surface area contributed by atoms with Crippen molar-refractivity contribution in [3.05, 3.63) is 60.0 Å². The minimum absolute atomic E-state index is 0.0344. The molecule has 2 aromatic heterocycles. The number of aromatic amines is 1. The molecule has 1 fully saturated rings. The Bertz CT molecular complexity index is 892. The second-order valence-corrected chi connectivity index (χ2v) is 7.09. The Labute approximate surface area is 153 Å². The van der Waals surface area contributed by atoms with Crippen LogP contribution in [0, 0.1) is 0 Å². The van der Waals surface area contributed by atoms with Gasteiger partial charge >= 0.3 is 0 Å². The third-order valence-corrected chi connectivity index (χ3v) is 5.22. The third-order valence-electron chi connectivity index (χ3n) is 5.22. The fourth-order valence-corrected chi connectivity index (χ4v) is 3.89. The van der Waals surface area contributed by atoms with Crippen molar-refractivity contribution < 1.29 is 4.79 Å². The van der Waals surface area contributed by atoms with E-state index in [-0.39, 0.29) is 5.91 Å². The molecule has 0 radical (unpaired) electrons. The molecule has 0 bridgehead atoms. The molecule has 0 aliphatic carbocycles. The van der Waals surface area contributed by atoms with Gasteiger partial charge in [-0.1, -0.05) is 12.1 Å². The van der Waals surface area contributed by atoms with E-state index in [1.807, 2.05) is 24.5 Å². The second kappa shape index (κ2) is 7.30. The summed E-state index contributed by atoms with van der Waals surface area (Å²) in [6.45, 7) is 4.71. The summed E-state index contributed by atoms with van der Waals surface area (Å²) < 4.78 is 0. The maximum Gasteiger partial charge on any atom is 0.221 e. The fourth-order valence-electron chi connectivity index (χ4n) is 3.89. The van der Waals surface area contributed by atoms with Crippen molar-refractivity contribution in [2.75, 3.05) is 18.4 Å². The summed E-state index contributed by atoms with van der Waals surface area (Å²) in [5.74, 6) is 0.581. The van der Waals surface area contributed by atoms with Crippen LogP contribution in [0.25, 0.3) is 10.9 Å². The van der Waals surface area contributed by atoms with Crippen LogP contribution in [-0.4, -0.2) is 33.9 Å². The van der Waals surface area contributed by atoms with Crippen LogP contribution < -0.4 is 5.32 Å². The number of anilines is 1. The number of hydrogen-bond acceptors (Lipinski definition) is 3. The molecule has 1 amide bonds. The van der Waals surface area contributed by atoms with E-state index in [0.29, 0.717) is 5.92 Å². The van der Waals surface area contributed by atoms with E-state index in [0.717, 1.165) is 30.8 Å². The van der Waals surface area contributed by atoms with Crippen LogP contribution in [0.4, 0.5) is 5.69 Å². The van der Waals surface area contributed by atoms with Gasteiger partial charge in [-0.3, -0.25) is 14.7 Å². The Morgan fingerprint density at radius 1 is 1.23 bits per heavy atom. The molecule has 3 heterocycles. The number of fused-ring (bicyclic) bond motifs is 1. The summed E-state index contributed by atoms with van der Waals surface area (Å²) in [6.07, 6.45) is 8.30. The average molecular weight is 348 g/mol. The van der Waals surface area contributed by atoms with Gasteiger partial charge in [-0.2, -0.15) is 0 Å². The zero-order valence-electron chi connectivity index (χ0n) is 15.0. The largest absolute Gasteiger partial charge is 0.360 e. The number of carbonyl (C=O) groups is 1. The Balaban J connectivity index is 1.35. The van der Waals surface area contributed by atoms with Crippen LogP contribution in [0.1, 0.15) is 36.8 Å². The Morgan fingerprint density at radius 2 is 2.00 bits per heavy atom. The molecule has 0 spiro atoms. The minimum atomic E-state index is -0.0344. The molecule has 0 saturated carbocycles. The molecular weight excluding hydrogens is 324 g/mol. The van der Waals surface area contributed by atoms with Crippen LogP contribution >= 0.6 is 0 Å². The van der Waals surface area contributed by atoms with Gasteiger partial charge in [-0.25, -0.2) is 0 Å². The number of benzene rings is 1. The normalized spacial score (nSPS) is 16.0. The molecule has 3 aromatic rings. The first-order chi connectivity index (χ1) is 12.7. The molecule has 0 atom stereocenters. The standard InChI is InChI=1S/C21H24N4O/c1-15(26)24-18-4-2-16(3-5-18)14-25-10-7-17(8-11-25)20-12-23-21-13-22-9-6-19(20)21/h2-6,9,12-13,17,23H,7-8,10-11,14H2,1H3,(H,24,26). The monoisotopic (exact) mass is 348 g/mol. The maximum atomic E-state index is 11.1. The molecule has 1 aromatic carbocycles. The molecule has 1 aliphatic heterocycles. The molecular formula is C21H24N4O. The van der Waals surface area contributed by atoms with Gasteiger partial charge in [0.05, 0.1) is 11.7 Å². The summed E-state index contributed by atoms with van der Waals surface area (Å²) in [6, 6.07) is 10.3. The number of rotatable bonds is 4. The number of amides is 1. The summed E-state index contributed by atoms with van der Waals surface area (Å²) in [7, 11) is 0. The van der Waals surface area contributed by atoms with Crippen molar-refractivity contribution in [2.24, 2.45) is 0 Å². The summed E-state index contributed by atoms with van der Waals surface area (Å²) in [5.41, 5.74) is 4.70. The highest BCUT2D eigenvalue weighted by Gasteiger charge is 2.22. The number of nitrogens with zero attached hydrogens (tertiary/aromatic N) is 2. The summed E-state index contributed by atoms with van der Waals surface area (Å²) in [5, 5.41) is 4.12. The predicted octanol–water partition coefficient (Wildman–Crippen LogP) is 3.90. The fraction of sp³-hybridized carbons (Fsp3) is 0.333. The van der Waals surface area contributed by atoms with Gasteiger partial charge in [0.25, 0.3) is 0 Å². The molecule has 5 heteroatoms. The van der Waals surface area contributed by atoms with Crippen LogP contribution in [0.15, 0.2) is 48.9 Å². The highest BCUT2D eigenvalue weighted by molar-refractivity contribution is 5.88. The lowest BCUT2D eigenvalue weighted by Crippen LogP contribution is -2.32. The van der Waals surface area contributed by atoms with Crippen molar-refractivity contribution in [3.8, 4) is 0 Å². The third kappa shape index (κ3) is 3.63. The van der Waals surface area contributed by atoms with Crippen LogP contribution in [-0.2, 0) is 11.3 Å². The summed E-state index contributed by atoms with van der Waals surface area (Å²) >= 11 is 0. The van der Waals surface area contributed by atoms with Crippen molar-refractivity contribution in [1.29, 1.82) is 0 Å². The Morgan fingerprint density at radius 3 is 2.73 bits per heavy atom. The van der Waals surface area contributed by atoms with E-state index in [1.165, 1.54) is 36.3 Å². The van der Waals surface area contributed by atoms with Gasteiger partial charge in [0, 0.05) is 36.9 Å². The number of aromatic nitrogens is 2. The first-order valence-corrected chi connectivity index (χ1v) is 9.19. The Hall–Kier alpha value is -2.66. The molecule has 1 aliphatic rings. The Kier molecular flexibility index (Phi) is 4.71. The number of H-pyrrole nitrogens is 1. The van der Waals surface area contributed by atoms with E-state index in [2.05, 4.69) is 44.6 Å². The highest BCUT2D eigenvalue weighted by Crippen LogP contribution is 2.33. The van der Waals surface area contributed by atoms with Crippen molar-refractivity contribution in [2.45, 2.75) is 32.2 Å². The zero-order chi connectivity index (χ0) is 17.9. The number of hydrogen-bond donors (Lipinski definition) is 2. The van der Waals surface area contributed by atoms with Crippen molar-refractivity contribution >= 4 is 22.5 Å². The van der Waals surface area contributed by atoms with E-state index >= 15 is 0 Å². The lowest BCUT2D eigenvalue weighted by atomic mass is 9.89. The number of likely N-dealkylation sites (tertiary alicyclic amines) is 1. The summed E-state index contributed by atoms with van der Waals surface area (Å²) in [4.78, 5) is 21.2. The van der Waals surface area contributed by atoms with Crippen molar-refractivity contribution in [1.82, 2.24) is 14.9 Å². The predicted molar refractivity (Wildman–Crippen MR) is 104 cm³/mol. The molecule has 1 saturated heterocycles. The van der Waals surface area contributed by atoms with Gasteiger partial charge in [-0.15, -0.1) is 0 Å². The quantitative estimate of drug-likeness (QED) is 0.752. The maximum absolute atomic E-state index is 11.1. The van der Waals surface area contributed by atoms with Gasteiger partial charge in [-0.05, 0) is 61.2 Å². The topological polar surface area (TPSA) is 61.0 Å². The van der Waals surface area contributed by atoms with E-state index in [1.54, 1.807) is 0 Å². The van der Waals surface area contributed by atoms with Crippen LogP contribution in [0.2, 0.25) is 0 Å². The van der Waals surface area contributed by atoms with Gasteiger partial charge in [0.1, 0.15) is 0 Å². The molecule has 134 valence electrons. The number of pyridine rings is 1. The zero-order valence-corrected chi connectivity index (χ0v) is 15.0. The van der Waals surface area contributed by atoms with Crippen LogP contribution in [0.3, 0.4) is 0 Å². The van der Waals surface area contributed by atoms with E-state index in [9.17, 15) is 4.79 Å². The molecule has 4 rings (SSSR count). The lowest BCUT2D eigenvalue weighted by Gasteiger charge is -2.32. The van der Waals surface area contributed by atoms with Crippen LogP contribution in [0.5, 0.6) is 0 Å².